The van der Waals surface area contributed by atoms with Crippen molar-refractivity contribution in [3.63, 3.8) is 0 Å². The number of amides is 1. The Hall–Kier alpha value is -1.55. The summed E-state index contributed by atoms with van der Waals surface area (Å²) in [5.41, 5.74) is 3.39. The minimum absolute atomic E-state index is 0.000207. The van der Waals surface area contributed by atoms with Crippen molar-refractivity contribution in [1.29, 1.82) is 0 Å². The molecule has 1 amide bonds. The summed E-state index contributed by atoms with van der Waals surface area (Å²) in [5.74, 6) is 5.67. The Labute approximate surface area is 102 Å². The Morgan fingerprint density at radius 2 is 2.06 bits per heavy atom. The highest BCUT2D eigenvalue weighted by Gasteiger charge is 2.07. The largest absolute Gasteiger partial charge is 0.491 e. The van der Waals surface area contributed by atoms with E-state index in [9.17, 15) is 4.79 Å². The van der Waals surface area contributed by atoms with Crippen molar-refractivity contribution in [2.45, 2.75) is 39.2 Å². The van der Waals surface area contributed by atoms with Gasteiger partial charge < -0.3 is 4.74 Å². The van der Waals surface area contributed by atoms with E-state index < -0.39 is 0 Å². The molecule has 0 fully saturated rings. The Balaban J connectivity index is 2.39. The molecule has 1 atom stereocenters. The zero-order valence-electron chi connectivity index (χ0n) is 10.4. The predicted octanol–water partition coefficient (Wildman–Crippen LogP) is 1.79. The summed E-state index contributed by atoms with van der Waals surface area (Å²) in [4.78, 5) is 11.0. The van der Waals surface area contributed by atoms with Gasteiger partial charge in [0.2, 0.25) is 5.91 Å². The molecule has 1 aromatic rings. The molecule has 4 nitrogen and oxygen atoms in total. The van der Waals surface area contributed by atoms with Crippen LogP contribution in [-0.4, -0.2) is 12.0 Å². The van der Waals surface area contributed by atoms with Crippen LogP contribution in [0.2, 0.25) is 0 Å². The first-order chi connectivity index (χ1) is 8.15. The number of rotatable bonds is 6. The number of carbonyl (C=O) groups is 1. The minimum Gasteiger partial charge on any atom is -0.491 e. The fraction of sp³-hybridized carbons (Fsp3) is 0.462. The van der Waals surface area contributed by atoms with Crippen molar-refractivity contribution in [3.8, 4) is 5.75 Å². The molecule has 0 aliphatic rings. The van der Waals surface area contributed by atoms with Crippen LogP contribution < -0.4 is 16.0 Å². The van der Waals surface area contributed by atoms with E-state index in [0.29, 0.717) is 12.8 Å². The number of nitrogens with one attached hydrogen (secondary N) is 1. The van der Waals surface area contributed by atoms with Crippen LogP contribution in [0.4, 0.5) is 0 Å². The Morgan fingerprint density at radius 1 is 1.41 bits per heavy atom. The molecule has 94 valence electrons. The maximum absolute atomic E-state index is 11.0. The molecule has 0 saturated carbocycles. The van der Waals surface area contributed by atoms with Crippen molar-refractivity contribution in [1.82, 2.24) is 5.43 Å². The van der Waals surface area contributed by atoms with Gasteiger partial charge in [0.1, 0.15) is 5.75 Å². The number of hydrogen-bond donors (Lipinski definition) is 2. The van der Waals surface area contributed by atoms with Crippen LogP contribution >= 0.6 is 0 Å². The Kier molecular flexibility index (Phi) is 5.49. The van der Waals surface area contributed by atoms with Crippen LogP contribution in [0.25, 0.3) is 0 Å². The molecule has 1 aromatic carbocycles. The molecule has 17 heavy (non-hydrogen) atoms. The second kappa shape index (κ2) is 6.91. The summed E-state index contributed by atoms with van der Waals surface area (Å²) in [6, 6.07) is 8.01. The van der Waals surface area contributed by atoms with Gasteiger partial charge in [-0.25, -0.2) is 5.84 Å². The first-order valence-electron chi connectivity index (χ1n) is 5.90. The summed E-state index contributed by atoms with van der Waals surface area (Å²) in [5, 5.41) is 0. The van der Waals surface area contributed by atoms with E-state index in [4.69, 9.17) is 10.6 Å². The molecular weight excluding hydrogens is 216 g/mol. The number of carbonyl (C=O) groups excluding carboxylic acids is 1. The Bertz CT molecular complexity index is 349. The molecule has 0 bridgehead atoms. The van der Waals surface area contributed by atoms with Gasteiger partial charge >= 0.3 is 0 Å². The highest BCUT2D eigenvalue weighted by atomic mass is 16.5. The van der Waals surface area contributed by atoms with Crippen LogP contribution in [0.1, 0.15) is 32.3 Å². The first-order valence-corrected chi connectivity index (χ1v) is 5.90. The molecular formula is C13H20N2O2. The van der Waals surface area contributed by atoms with Gasteiger partial charge in [-0.3, -0.25) is 10.2 Å². The molecule has 0 spiro atoms. The smallest absolute Gasteiger partial charge is 0.234 e. The number of hydrogen-bond acceptors (Lipinski definition) is 3. The summed E-state index contributed by atoms with van der Waals surface area (Å²) in [7, 11) is 0. The fourth-order valence-electron chi connectivity index (χ4n) is 1.50. The van der Waals surface area contributed by atoms with Crippen molar-refractivity contribution >= 4 is 5.91 Å². The molecule has 0 saturated heterocycles. The van der Waals surface area contributed by atoms with Gasteiger partial charge in [-0.1, -0.05) is 19.1 Å². The highest BCUT2D eigenvalue weighted by Crippen LogP contribution is 2.15. The summed E-state index contributed by atoms with van der Waals surface area (Å²) in [6.07, 6.45) is 2.05. The molecule has 3 N–H and O–H groups in total. The van der Waals surface area contributed by atoms with Crippen LogP contribution in [-0.2, 0) is 11.2 Å². The lowest BCUT2D eigenvalue weighted by molar-refractivity contribution is -0.121. The van der Waals surface area contributed by atoms with Gasteiger partial charge in [0.25, 0.3) is 0 Å². The molecule has 0 aliphatic heterocycles. The van der Waals surface area contributed by atoms with Gasteiger partial charge in [-0.2, -0.15) is 0 Å². The van der Waals surface area contributed by atoms with E-state index in [1.807, 2.05) is 19.1 Å². The van der Waals surface area contributed by atoms with Crippen molar-refractivity contribution in [3.05, 3.63) is 29.8 Å². The number of aryl methyl sites for hydroxylation is 1. The van der Waals surface area contributed by atoms with Gasteiger partial charge in [0.05, 0.1) is 6.10 Å². The maximum Gasteiger partial charge on any atom is 0.234 e. The molecule has 1 unspecified atom stereocenters. The van der Waals surface area contributed by atoms with Crippen LogP contribution in [0.5, 0.6) is 5.75 Å². The molecule has 1 rings (SSSR count). The predicted molar refractivity (Wildman–Crippen MR) is 67.5 cm³/mol. The molecule has 0 radical (unpaired) electrons. The van der Waals surface area contributed by atoms with Gasteiger partial charge in [0, 0.05) is 6.42 Å². The monoisotopic (exact) mass is 236 g/mol. The van der Waals surface area contributed by atoms with Gasteiger partial charge in [-0.05, 0) is 37.5 Å². The quantitative estimate of drug-likeness (QED) is 0.449. The standard InChI is InChI=1S/C13H20N2O2/c1-3-11-5-7-12(8-6-11)17-10(2)4-9-13(16)15-14/h5-8,10H,3-4,9,14H2,1-2H3,(H,15,16). The van der Waals surface area contributed by atoms with Crippen molar-refractivity contribution in [2.24, 2.45) is 5.84 Å². The third-order valence-corrected chi connectivity index (χ3v) is 2.61. The SMILES string of the molecule is CCc1ccc(OC(C)CCC(=O)NN)cc1. The topological polar surface area (TPSA) is 64.3 Å². The third-order valence-electron chi connectivity index (χ3n) is 2.61. The van der Waals surface area contributed by atoms with Crippen molar-refractivity contribution in [2.75, 3.05) is 0 Å². The average Bonchev–Trinajstić information content (AvgIpc) is 2.36. The maximum atomic E-state index is 11.0. The second-order valence-electron chi connectivity index (χ2n) is 4.03. The lowest BCUT2D eigenvalue weighted by Gasteiger charge is -2.14. The van der Waals surface area contributed by atoms with E-state index in [2.05, 4.69) is 24.5 Å². The number of nitrogens with two attached hydrogens (primary N) is 1. The number of hydrazine groups is 1. The van der Waals surface area contributed by atoms with Crippen LogP contribution in [0, 0.1) is 0 Å². The summed E-state index contributed by atoms with van der Waals surface area (Å²) >= 11 is 0. The highest BCUT2D eigenvalue weighted by molar-refractivity contribution is 5.75. The summed E-state index contributed by atoms with van der Waals surface area (Å²) in [6.45, 7) is 4.06. The van der Waals surface area contributed by atoms with E-state index in [-0.39, 0.29) is 12.0 Å². The molecule has 0 aliphatic carbocycles. The lowest BCUT2D eigenvalue weighted by Crippen LogP contribution is -2.30. The third kappa shape index (κ3) is 4.87. The van der Waals surface area contributed by atoms with Crippen LogP contribution in [0.3, 0.4) is 0 Å². The van der Waals surface area contributed by atoms with E-state index in [0.717, 1.165) is 12.2 Å². The van der Waals surface area contributed by atoms with Gasteiger partial charge in [0.15, 0.2) is 0 Å². The molecule has 0 heterocycles. The minimum atomic E-state index is -0.165. The lowest BCUT2D eigenvalue weighted by atomic mass is 10.1. The van der Waals surface area contributed by atoms with Gasteiger partial charge in [-0.15, -0.1) is 0 Å². The fourth-order valence-corrected chi connectivity index (χ4v) is 1.50. The second-order valence-corrected chi connectivity index (χ2v) is 4.03. The van der Waals surface area contributed by atoms with E-state index >= 15 is 0 Å². The normalized spacial score (nSPS) is 11.9. The van der Waals surface area contributed by atoms with Crippen molar-refractivity contribution < 1.29 is 9.53 Å². The van der Waals surface area contributed by atoms with E-state index in [1.165, 1.54) is 5.56 Å². The molecule has 4 heteroatoms. The zero-order chi connectivity index (χ0) is 12.7. The first kappa shape index (κ1) is 13.5. The van der Waals surface area contributed by atoms with Crippen LogP contribution in [0.15, 0.2) is 24.3 Å². The Morgan fingerprint density at radius 3 is 2.59 bits per heavy atom. The van der Waals surface area contributed by atoms with E-state index in [1.54, 1.807) is 0 Å². The zero-order valence-corrected chi connectivity index (χ0v) is 10.4. The number of benzene rings is 1. The molecule has 0 aromatic heterocycles. The average molecular weight is 236 g/mol. The summed E-state index contributed by atoms with van der Waals surface area (Å²) < 4.78 is 5.69. The number of ether oxygens (including phenoxy) is 1.